The van der Waals surface area contributed by atoms with Crippen molar-refractivity contribution in [3.05, 3.63) is 0 Å². The molecule has 0 N–H and O–H groups in total. The highest BCUT2D eigenvalue weighted by Crippen LogP contribution is 2.53. The summed E-state index contributed by atoms with van der Waals surface area (Å²) in [6, 6.07) is 2.69. The molecule has 1 unspecified atom stereocenters. The fourth-order valence-electron chi connectivity index (χ4n) is 2.81. The summed E-state index contributed by atoms with van der Waals surface area (Å²) in [7, 11) is -2.41. The lowest BCUT2D eigenvalue weighted by Crippen LogP contribution is -2.36. The Morgan fingerprint density at radius 3 is 2.05 bits per heavy atom. The van der Waals surface area contributed by atoms with Gasteiger partial charge in [-0.25, -0.2) is 4.67 Å². The quantitative estimate of drug-likeness (QED) is 0.285. The predicted molar refractivity (Wildman–Crippen MR) is 91.9 cm³/mol. The first-order valence-corrected chi connectivity index (χ1v) is 10.8. The lowest BCUT2D eigenvalue weighted by atomic mass is 10.2. The summed E-state index contributed by atoms with van der Waals surface area (Å²) < 4.78 is 15.5. The standard InChI is InChI=1S/C15H30BrN2OP/c1-14(2)18(15(3)4)20(19,13-9-11-17)12-8-6-5-7-10-16/h14-15H,5-10,12-13H2,1-4H3. The minimum Gasteiger partial charge on any atom is -0.306 e. The summed E-state index contributed by atoms with van der Waals surface area (Å²) in [5.41, 5.74) is 0. The monoisotopic (exact) mass is 364 g/mol. The Morgan fingerprint density at radius 1 is 1.05 bits per heavy atom. The number of nitrogens with zero attached hydrogens (tertiary/aromatic N) is 2. The second-order valence-corrected chi connectivity index (χ2v) is 9.71. The van der Waals surface area contributed by atoms with Crippen molar-refractivity contribution in [2.24, 2.45) is 0 Å². The van der Waals surface area contributed by atoms with E-state index in [0.29, 0.717) is 12.6 Å². The SMILES string of the molecule is CC(C)N(C(C)C)P(=O)(CCC#N)CCCCCCBr. The molecule has 0 aromatic rings. The molecule has 0 aromatic carbocycles. The molecule has 5 heteroatoms. The molecule has 3 nitrogen and oxygen atoms in total. The van der Waals surface area contributed by atoms with Gasteiger partial charge in [0.2, 0.25) is 0 Å². The largest absolute Gasteiger partial charge is 0.306 e. The third-order valence-corrected chi connectivity index (χ3v) is 7.71. The Hall–Kier alpha value is 0.160. The molecule has 0 heterocycles. The van der Waals surface area contributed by atoms with E-state index < -0.39 is 7.29 Å². The van der Waals surface area contributed by atoms with Crippen LogP contribution in [0.3, 0.4) is 0 Å². The van der Waals surface area contributed by atoms with Crippen LogP contribution in [-0.2, 0) is 4.57 Å². The van der Waals surface area contributed by atoms with Crippen LogP contribution >= 0.6 is 23.2 Å². The number of hydrogen-bond acceptors (Lipinski definition) is 2. The molecule has 0 aliphatic heterocycles. The summed E-state index contributed by atoms with van der Waals surface area (Å²) in [5.74, 6) is 0. The fraction of sp³-hybridized carbons (Fsp3) is 0.933. The maximum atomic E-state index is 13.4. The zero-order valence-corrected chi connectivity index (χ0v) is 15.9. The second-order valence-electron chi connectivity index (χ2n) is 5.87. The number of rotatable bonds is 11. The van der Waals surface area contributed by atoms with Gasteiger partial charge in [0.05, 0.1) is 6.07 Å². The number of alkyl halides is 1. The van der Waals surface area contributed by atoms with Crippen LogP contribution in [0.5, 0.6) is 0 Å². The van der Waals surface area contributed by atoms with Crippen LogP contribution in [0.1, 0.15) is 59.8 Å². The normalized spacial score (nSPS) is 14.8. The first-order chi connectivity index (χ1) is 9.39. The maximum Gasteiger partial charge on any atom is 0.151 e. The van der Waals surface area contributed by atoms with Gasteiger partial charge in [0.1, 0.15) is 0 Å². The average molecular weight is 365 g/mol. The topological polar surface area (TPSA) is 44.1 Å². The third kappa shape index (κ3) is 7.25. The molecule has 0 amide bonds. The summed E-state index contributed by atoms with van der Waals surface area (Å²) in [6.45, 7) is 8.40. The van der Waals surface area contributed by atoms with Gasteiger partial charge in [0, 0.05) is 36.2 Å². The van der Waals surface area contributed by atoms with Crippen molar-refractivity contribution in [1.82, 2.24) is 4.67 Å². The van der Waals surface area contributed by atoms with E-state index in [2.05, 4.69) is 54.4 Å². The van der Waals surface area contributed by atoms with Crippen molar-refractivity contribution in [2.75, 3.05) is 17.7 Å². The molecular formula is C15H30BrN2OP. The molecule has 0 radical (unpaired) electrons. The Bertz CT molecular complexity index is 331. The molecule has 0 saturated heterocycles. The van der Waals surface area contributed by atoms with Gasteiger partial charge in [-0.2, -0.15) is 5.26 Å². The predicted octanol–water partition coefficient (Wildman–Crippen LogP) is 5.25. The van der Waals surface area contributed by atoms with E-state index >= 15 is 0 Å². The van der Waals surface area contributed by atoms with E-state index in [9.17, 15) is 4.57 Å². The molecule has 0 rings (SSSR count). The average Bonchev–Trinajstić information content (AvgIpc) is 2.35. The van der Waals surface area contributed by atoms with Gasteiger partial charge in [-0.3, -0.25) is 0 Å². The number of nitriles is 1. The molecular weight excluding hydrogens is 335 g/mol. The number of halogens is 1. The van der Waals surface area contributed by atoms with Crippen molar-refractivity contribution in [3.8, 4) is 6.07 Å². The van der Waals surface area contributed by atoms with Crippen LogP contribution in [-0.4, -0.2) is 34.4 Å². The lowest BCUT2D eigenvalue weighted by Gasteiger charge is -2.38. The molecule has 0 saturated carbocycles. The Morgan fingerprint density at radius 2 is 1.60 bits per heavy atom. The zero-order valence-electron chi connectivity index (χ0n) is 13.4. The van der Waals surface area contributed by atoms with Crippen molar-refractivity contribution in [2.45, 2.75) is 71.9 Å². The Kier molecular flexibility index (Phi) is 10.9. The van der Waals surface area contributed by atoms with Crippen LogP contribution in [0.15, 0.2) is 0 Å². The van der Waals surface area contributed by atoms with Gasteiger partial charge >= 0.3 is 0 Å². The van der Waals surface area contributed by atoms with Crippen LogP contribution in [0, 0.1) is 11.3 Å². The summed E-state index contributed by atoms with van der Waals surface area (Å²) in [4.78, 5) is 0. The molecule has 20 heavy (non-hydrogen) atoms. The van der Waals surface area contributed by atoms with Crippen LogP contribution in [0.4, 0.5) is 0 Å². The van der Waals surface area contributed by atoms with E-state index in [1.165, 1.54) is 12.8 Å². The minimum atomic E-state index is -2.41. The van der Waals surface area contributed by atoms with Crippen molar-refractivity contribution >= 4 is 23.2 Å². The van der Waals surface area contributed by atoms with Gasteiger partial charge in [0.25, 0.3) is 0 Å². The highest BCUT2D eigenvalue weighted by atomic mass is 79.9. The van der Waals surface area contributed by atoms with Crippen molar-refractivity contribution in [3.63, 3.8) is 0 Å². The molecule has 0 spiro atoms. The van der Waals surface area contributed by atoms with Gasteiger partial charge in [-0.1, -0.05) is 28.8 Å². The van der Waals surface area contributed by atoms with Crippen LogP contribution in [0.25, 0.3) is 0 Å². The van der Waals surface area contributed by atoms with E-state index in [4.69, 9.17) is 5.26 Å². The second kappa shape index (κ2) is 10.8. The first-order valence-electron chi connectivity index (χ1n) is 7.69. The van der Waals surface area contributed by atoms with E-state index in [0.717, 1.165) is 24.3 Å². The van der Waals surface area contributed by atoms with E-state index in [1.807, 2.05) is 0 Å². The lowest BCUT2D eigenvalue weighted by molar-refractivity contribution is 0.298. The van der Waals surface area contributed by atoms with Crippen LogP contribution in [0.2, 0.25) is 0 Å². The van der Waals surface area contributed by atoms with Gasteiger partial charge < -0.3 is 4.57 Å². The molecule has 0 aromatic heterocycles. The van der Waals surface area contributed by atoms with Crippen LogP contribution < -0.4 is 0 Å². The molecule has 0 aliphatic rings. The summed E-state index contributed by atoms with van der Waals surface area (Å²) in [6.07, 6.45) is 6.20. The smallest absolute Gasteiger partial charge is 0.151 e. The first kappa shape index (κ1) is 20.2. The fourth-order valence-corrected chi connectivity index (χ4v) is 6.75. The van der Waals surface area contributed by atoms with E-state index in [1.54, 1.807) is 0 Å². The highest BCUT2D eigenvalue weighted by Gasteiger charge is 2.33. The number of unbranched alkanes of at least 4 members (excludes halogenated alkanes) is 3. The Labute approximate surface area is 133 Å². The van der Waals surface area contributed by atoms with Gasteiger partial charge in [0.15, 0.2) is 7.29 Å². The zero-order chi connectivity index (χ0) is 15.6. The molecule has 0 fully saturated rings. The number of hydrogen-bond donors (Lipinski definition) is 0. The molecule has 0 aliphatic carbocycles. The van der Waals surface area contributed by atoms with Gasteiger partial charge in [-0.15, -0.1) is 0 Å². The maximum absolute atomic E-state index is 13.4. The molecule has 1 atom stereocenters. The van der Waals surface area contributed by atoms with Gasteiger partial charge in [-0.05, 0) is 40.5 Å². The summed E-state index contributed by atoms with van der Waals surface area (Å²) >= 11 is 3.44. The molecule has 0 bridgehead atoms. The summed E-state index contributed by atoms with van der Waals surface area (Å²) in [5, 5.41) is 9.88. The highest BCUT2D eigenvalue weighted by molar-refractivity contribution is 9.09. The Balaban J connectivity index is 4.72. The minimum absolute atomic E-state index is 0.266. The molecule has 118 valence electrons. The third-order valence-electron chi connectivity index (χ3n) is 3.44. The van der Waals surface area contributed by atoms with Crippen molar-refractivity contribution in [1.29, 1.82) is 5.26 Å². The van der Waals surface area contributed by atoms with E-state index in [-0.39, 0.29) is 12.1 Å². The van der Waals surface area contributed by atoms with Crippen molar-refractivity contribution < 1.29 is 4.57 Å².